The maximum absolute atomic E-state index is 13.7. The normalized spacial score (nSPS) is 12.5. The van der Waals surface area contributed by atoms with Gasteiger partial charge < -0.3 is 20.5 Å². The molecule has 13 heteroatoms. The molecule has 0 fully saturated rings. The van der Waals surface area contributed by atoms with Crippen LogP contribution in [0.4, 0.5) is 19.0 Å². The van der Waals surface area contributed by atoms with Crippen LogP contribution < -0.4 is 15.8 Å². The number of aromatic nitrogens is 4. The fraction of sp³-hybridized carbons (Fsp3) is 0.250. The number of nitrogens with two attached hydrogens (primary N) is 1. The number of benzene rings is 1. The van der Waals surface area contributed by atoms with Gasteiger partial charge in [0.25, 0.3) is 5.91 Å². The molecule has 3 heterocycles. The highest BCUT2D eigenvalue weighted by molar-refractivity contribution is 6.30. The summed E-state index contributed by atoms with van der Waals surface area (Å²) < 4.78 is 52.8. The molecule has 194 valence electrons. The SMILES string of the molecule is COc1ncc(-c2cc(C(F)(F)F)c3c(N)ncnn23)cc1C(=O)NCCC(OC)c1ccc(Cl)cc1. The number of nitrogen functional groups attached to an aromatic ring is 1. The first-order valence-corrected chi connectivity index (χ1v) is 11.3. The molecule has 0 spiro atoms. The van der Waals surface area contributed by atoms with Crippen LogP contribution in [0.3, 0.4) is 0 Å². The first-order chi connectivity index (χ1) is 17.6. The second-order valence-corrected chi connectivity index (χ2v) is 8.38. The number of nitrogens with zero attached hydrogens (tertiary/aromatic N) is 4. The zero-order valence-corrected chi connectivity index (χ0v) is 20.5. The van der Waals surface area contributed by atoms with Crippen LogP contribution in [0, 0.1) is 0 Å². The van der Waals surface area contributed by atoms with Gasteiger partial charge in [-0.15, -0.1) is 0 Å². The standard InChI is InChI=1S/C24H22ClF3N6O3/c1-36-19(13-3-5-15(25)6-4-13)7-8-30-22(35)16-9-14(11-31-23(16)37-2)18-10-17(24(26,27)28)20-21(29)32-12-33-34(18)20/h3-6,9-12,19H,7-8H2,1-2H3,(H,30,35)(H2,29,32,33). The van der Waals surface area contributed by atoms with Crippen molar-refractivity contribution in [1.29, 1.82) is 0 Å². The summed E-state index contributed by atoms with van der Waals surface area (Å²) in [7, 11) is 2.90. The number of fused-ring (bicyclic) bond motifs is 1. The quantitative estimate of drug-likeness (QED) is 0.340. The lowest BCUT2D eigenvalue weighted by Crippen LogP contribution is -2.26. The number of anilines is 1. The summed E-state index contributed by atoms with van der Waals surface area (Å²) in [5.41, 5.74) is 5.48. The second kappa shape index (κ2) is 10.6. The molecule has 4 rings (SSSR count). The molecule has 1 unspecified atom stereocenters. The number of carbonyl (C=O) groups excluding carboxylic acids is 1. The van der Waals surface area contributed by atoms with Crippen molar-refractivity contribution in [1.82, 2.24) is 24.9 Å². The summed E-state index contributed by atoms with van der Waals surface area (Å²) in [6.45, 7) is 0.239. The molecule has 0 bridgehead atoms. The van der Waals surface area contributed by atoms with E-state index >= 15 is 0 Å². The molecule has 1 aromatic carbocycles. The predicted octanol–water partition coefficient (Wildman–Crippen LogP) is 4.56. The highest BCUT2D eigenvalue weighted by atomic mass is 35.5. The Kier molecular flexibility index (Phi) is 7.50. The van der Waals surface area contributed by atoms with E-state index in [0.717, 1.165) is 22.5 Å². The molecule has 0 aliphatic carbocycles. The minimum Gasteiger partial charge on any atom is -0.480 e. The Labute approximate surface area is 214 Å². The Morgan fingerprint density at radius 1 is 1.19 bits per heavy atom. The van der Waals surface area contributed by atoms with Crippen LogP contribution in [0.1, 0.15) is 34.0 Å². The third-order valence-corrected chi connectivity index (χ3v) is 5.94. The summed E-state index contributed by atoms with van der Waals surface area (Å²) in [5.74, 6) is -0.849. The number of methoxy groups -OCH3 is 2. The van der Waals surface area contributed by atoms with Crippen molar-refractivity contribution in [3.63, 3.8) is 0 Å². The van der Waals surface area contributed by atoms with Crippen molar-refractivity contribution in [2.75, 3.05) is 26.5 Å². The van der Waals surface area contributed by atoms with Crippen LogP contribution in [0.2, 0.25) is 5.02 Å². The van der Waals surface area contributed by atoms with Gasteiger partial charge in [0.1, 0.15) is 17.4 Å². The van der Waals surface area contributed by atoms with Crippen LogP contribution >= 0.6 is 11.6 Å². The molecule has 0 radical (unpaired) electrons. The van der Waals surface area contributed by atoms with Gasteiger partial charge in [-0.25, -0.2) is 14.5 Å². The molecule has 0 saturated carbocycles. The minimum atomic E-state index is -4.70. The summed E-state index contributed by atoms with van der Waals surface area (Å²) in [6, 6.07) is 9.44. The van der Waals surface area contributed by atoms with Gasteiger partial charge in [-0.1, -0.05) is 23.7 Å². The Morgan fingerprint density at radius 3 is 2.57 bits per heavy atom. The van der Waals surface area contributed by atoms with E-state index < -0.39 is 17.6 Å². The number of carbonyl (C=O) groups is 1. The second-order valence-electron chi connectivity index (χ2n) is 7.95. The van der Waals surface area contributed by atoms with E-state index in [1.165, 1.54) is 19.4 Å². The van der Waals surface area contributed by atoms with Gasteiger partial charge in [0, 0.05) is 30.4 Å². The number of hydrogen-bond acceptors (Lipinski definition) is 7. The number of pyridine rings is 1. The van der Waals surface area contributed by atoms with Gasteiger partial charge in [-0.05, 0) is 36.2 Å². The van der Waals surface area contributed by atoms with E-state index in [9.17, 15) is 18.0 Å². The van der Waals surface area contributed by atoms with Gasteiger partial charge in [0.2, 0.25) is 5.88 Å². The molecular weight excluding hydrogens is 513 g/mol. The number of hydrogen-bond donors (Lipinski definition) is 2. The van der Waals surface area contributed by atoms with Crippen molar-refractivity contribution >= 4 is 28.8 Å². The Hall–Kier alpha value is -3.90. The zero-order valence-electron chi connectivity index (χ0n) is 19.7. The number of nitrogens with one attached hydrogen (secondary N) is 1. The van der Waals surface area contributed by atoms with E-state index in [0.29, 0.717) is 11.4 Å². The molecule has 9 nitrogen and oxygen atoms in total. The molecular formula is C24H22ClF3N6O3. The molecule has 3 aromatic heterocycles. The van der Waals surface area contributed by atoms with Crippen LogP contribution in [0.15, 0.2) is 48.9 Å². The third kappa shape index (κ3) is 5.44. The number of alkyl halides is 3. The minimum absolute atomic E-state index is 0.00768. The van der Waals surface area contributed by atoms with E-state index in [-0.39, 0.29) is 46.7 Å². The summed E-state index contributed by atoms with van der Waals surface area (Å²) in [5, 5.41) is 7.30. The molecule has 1 amide bonds. The molecule has 37 heavy (non-hydrogen) atoms. The average Bonchev–Trinajstić information content (AvgIpc) is 3.28. The highest BCUT2D eigenvalue weighted by Gasteiger charge is 2.36. The van der Waals surface area contributed by atoms with E-state index in [1.807, 2.05) is 12.1 Å². The van der Waals surface area contributed by atoms with Gasteiger partial charge in [0.05, 0.1) is 24.5 Å². The molecule has 3 N–H and O–H groups in total. The number of rotatable bonds is 8. The molecule has 0 saturated heterocycles. The van der Waals surface area contributed by atoms with E-state index in [2.05, 4.69) is 20.4 Å². The van der Waals surface area contributed by atoms with Crippen LogP contribution in [-0.2, 0) is 10.9 Å². The van der Waals surface area contributed by atoms with Crippen molar-refractivity contribution in [3.8, 4) is 17.1 Å². The Bertz CT molecular complexity index is 1430. The number of amides is 1. The maximum atomic E-state index is 13.7. The van der Waals surface area contributed by atoms with E-state index in [4.69, 9.17) is 26.8 Å². The molecule has 0 aliphatic heterocycles. The lowest BCUT2D eigenvalue weighted by atomic mass is 10.1. The zero-order chi connectivity index (χ0) is 26.7. The Morgan fingerprint density at radius 2 is 1.92 bits per heavy atom. The third-order valence-electron chi connectivity index (χ3n) is 5.69. The van der Waals surface area contributed by atoms with Crippen molar-refractivity contribution in [3.05, 3.63) is 70.6 Å². The van der Waals surface area contributed by atoms with Gasteiger partial charge in [-0.3, -0.25) is 4.79 Å². The summed E-state index contributed by atoms with van der Waals surface area (Å²) in [4.78, 5) is 20.8. The number of halogens is 4. The van der Waals surface area contributed by atoms with Crippen molar-refractivity contribution in [2.45, 2.75) is 18.7 Å². The van der Waals surface area contributed by atoms with Gasteiger partial charge in [-0.2, -0.15) is 18.3 Å². The molecule has 4 aromatic rings. The molecule has 0 aliphatic rings. The van der Waals surface area contributed by atoms with Gasteiger partial charge in [0.15, 0.2) is 5.82 Å². The molecule has 1 atom stereocenters. The van der Waals surface area contributed by atoms with E-state index in [1.54, 1.807) is 19.2 Å². The summed E-state index contributed by atoms with van der Waals surface area (Å²) >= 11 is 5.94. The van der Waals surface area contributed by atoms with Crippen LogP contribution in [-0.4, -0.2) is 46.3 Å². The topological polar surface area (TPSA) is 117 Å². The largest absolute Gasteiger partial charge is 0.480 e. The van der Waals surface area contributed by atoms with Crippen LogP contribution in [0.25, 0.3) is 16.8 Å². The van der Waals surface area contributed by atoms with Crippen molar-refractivity contribution < 1.29 is 27.4 Å². The average molecular weight is 535 g/mol. The van der Waals surface area contributed by atoms with Crippen LogP contribution in [0.5, 0.6) is 5.88 Å². The Balaban J connectivity index is 1.61. The highest BCUT2D eigenvalue weighted by Crippen LogP contribution is 2.39. The lowest BCUT2D eigenvalue weighted by Gasteiger charge is -2.16. The fourth-order valence-corrected chi connectivity index (χ4v) is 4.04. The number of ether oxygens (including phenoxy) is 2. The smallest absolute Gasteiger partial charge is 0.418 e. The first-order valence-electron chi connectivity index (χ1n) is 10.9. The predicted molar refractivity (Wildman–Crippen MR) is 130 cm³/mol. The first kappa shape index (κ1) is 26.2. The lowest BCUT2D eigenvalue weighted by molar-refractivity contribution is -0.136. The van der Waals surface area contributed by atoms with Gasteiger partial charge >= 0.3 is 6.18 Å². The maximum Gasteiger partial charge on any atom is 0.418 e. The monoisotopic (exact) mass is 534 g/mol. The van der Waals surface area contributed by atoms with Crippen molar-refractivity contribution in [2.24, 2.45) is 0 Å². The summed E-state index contributed by atoms with van der Waals surface area (Å²) in [6.07, 6.45) is -2.21. The fourth-order valence-electron chi connectivity index (χ4n) is 3.92.